The maximum absolute atomic E-state index is 13.3. The Morgan fingerprint density at radius 3 is 2.84 bits per heavy atom. The molecule has 1 aliphatic heterocycles. The van der Waals surface area contributed by atoms with E-state index in [1.165, 1.54) is 12.1 Å². The summed E-state index contributed by atoms with van der Waals surface area (Å²) < 4.78 is 13.9. The van der Waals surface area contributed by atoms with Gasteiger partial charge < -0.3 is 10.6 Å². The molecule has 19 heavy (non-hydrogen) atoms. The molecule has 0 bridgehead atoms. The van der Waals surface area contributed by atoms with Crippen LogP contribution in [-0.2, 0) is 0 Å². The zero-order valence-corrected chi connectivity index (χ0v) is 12.7. The van der Waals surface area contributed by atoms with Crippen molar-refractivity contribution in [1.82, 2.24) is 10.6 Å². The van der Waals surface area contributed by atoms with Gasteiger partial charge in [-0.05, 0) is 36.6 Å². The molecule has 3 nitrogen and oxygen atoms in total. The molecule has 5 heteroatoms. The molecule has 0 spiro atoms. The lowest BCUT2D eigenvalue weighted by Crippen LogP contribution is -2.54. The molecule has 104 valence electrons. The summed E-state index contributed by atoms with van der Waals surface area (Å²) in [6.45, 7) is 5.99. The van der Waals surface area contributed by atoms with Crippen LogP contribution in [0, 0.1) is 11.2 Å². The summed E-state index contributed by atoms with van der Waals surface area (Å²) in [6, 6.07) is 4.33. The number of rotatable bonds is 2. The fraction of sp³-hybridized carbons (Fsp3) is 0.500. The fourth-order valence-electron chi connectivity index (χ4n) is 2.36. The van der Waals surface area contributed by atoms with Gasteiger partial charge in [0.2, 0.25) is 0 Å². The normalized spacial score (nSPS) is 22.0. The van der Waals surface area contributed by atoms with Crippen molar-refractivity contribution in [2.75, 3.05) is 13.1 Å². The maximum atomic E-state index is 13.3. The molecular weight excluding hydrogens is 311 g/mol. The van der Waals surface area contributed by atoms with Crippen molar-refractivity contribution in [3.8, 4) is 0 Å². The van der Waals surface area contributed by atoms with Gasteiger partial charge >= 0.3 is 0 Å². The lowest BCUT2D eigenvalue weighted by atomic mass is 9.80. The zero-order chi connectivity index (χ0) is 14.0. The smallest absolute Gasteiger partial charge is 0.251 e. The molecule has 1 aromatic rings. The predicted molar refractivity (Wildman–Crippen MR) is 76.6 cm³/mol. The number of halogens is 2. The molecule has 0 saturated carbocycles. The minimum atomic E-state index is -0.413. The Morgan fingerprint density at radius 2 is 2.21 bits per heavy atom. The Kier molecular flexibility index (Phi) is 4.26. The molecule has 1 unspecified atom stereocenters. The van der Waals surface area contributed by atoms with Crippen molar-refractivity contribution < 1.29 is 9.18 Å². The van der Waals surface area contributed by atoms with Gasteiger partial charge in [-0.15, -0.1) is 0 Å². The molecule has 1 aromatic carbocycles. The van der Waals surface area contributed by atoms with Crippen LogP contribution in [-0.4, -0.2) is 25.0 Å². The third-order valence-corrected chi connectivity index (χ3v) is 4.02. The number of nitrogens with one attached hydrogen (secondary N) is 2. The lowest BCUT2D eigenvalue weighted by Gasteiger charge is -2.39. The zero-order valence-electron chi connectivity index (χ0n) is 11.1. The van der Waals surface area contributed by atoms with Crippen LogP contribution in [0.5, 0.6) is 0 Å². The summed E-state index contributed by atoms with van der Waals surface area (Å²) in [5.74, 6) is -0.635. The van der Waals surface area contributed by atoms with Crippen LogP contribution in [0.15, 0.2) is 22.7 Å². The number of carbonyl (C=O) groups excluding carboxylic acids is 1. The van der Waals surface area contributed by atoms with Gasteiger partial charge in [0.15, 0.2) is 0 Å². The third-order valence-electron chi connectivity index (χ3n) is 3.56. The Hall–Kier alpha value is -0.940. The summed E-state index contributed by atoms with van der Waals surface area (Å²) in [5.41, 5.74) is 0.347. The standard InChI is InChI=1S/C14H18BrFN2O/c1-14(2)8-17-4-3-12(14)18-13(19)9-5-10(15)7-11(16)6-9/h5-7,12,17H,3-4,8H2,1-2H3,(H,18,19). The summed E-state index contributed by atoms with van der Waals surface area (Å²) in [4.78, 5) is 12.2. The van der Waals surface area contributed by atoms with E-state index in [9.17, 15) is 9.18 Å². The molecule has 2 N–H and O–H groups in total. The average molecular weight is 329 g/mol. The minimum absolute atomic E-state index is 0.00152. The number of benzene rings is 1. The van der Waals surface area contributed by atoms with Gasteiger partial charge in [-0.3, -0.25) is 4.79 Å². The highest BCUT2D eigenvalue weighted by Crippen LogP contribution is 2.25. The first-order chi connectivity index (χ1) is 8.88. The van der Waals surface area contributed by atoms with Crippen LogP contribution in [0.4, 0.5) is 4.39 Å². The van der Waals surface area contributed by atoms with Gasteiger partial charge in [-0.2, -0.15) is 0 Å². The van der Waals surface area contributed by atoms with Gasteiger partial charge in [-0.25, -0.2) is 4.39 Å². The predicted octanol–water partition coefficient (Wildman–Crippen LogP) is 2.71. The van der Waals surface area contributed by atoms with Crippen molar-refractivity contribution in [3.63, 3.8) is 0 Å². The van der Waals surface area contributed by atoms with E-state index in [0.717, 1.165) is 19.5 Å². The summed E-state index contributed by atoms with van der Waals surface area (Å²) in [7, 11) is 0. The van der Waals surface area contributed by atoms with Gasteiger partial charge in [0.05, 0.1) is 0 Å². The van der Waals surface area contributed by atoms with Gasteiger partial charge in [-0.1, -0.05) is 29.8 Å². The molecular formula is C14H18BrFN2O. The quantitative estimate of drug-likeness (QED) is 0.876. The van der Waals surface area contributed by atoms with E-state index in [-0.39, 0.29) is 17.4 Å². The number of piperidine rings is 1. The molecule has 2 rings (SSSR count). The molecule has 1 saturated heterocycles. The SMILES string of the molecule is CC1(C)CNCCC1NC(=O)c1cc(F)cc(Br)c1. The largest absolute Gasteiger partial charge is 0.349 e. The van der Waals surface area contributed by atoms with Crippen LogP contribution in [0.2, 0.25) is 0 Å². The second-order valence-electron chi connectivity index (χ2n) is 5.64. The van der Waals surface area contributed by atoms with Gasteiger partial charge in [0.1, 0.15) is 5.82 Å². The van der Waals surface area contributed by atoms with Crippen LogP contribution >= 0.6 is 15.9 Å². The van der Waals surface area contributed by atoms with Crippen molar-refractivity contribution in [1.29, 1.82) is 0 Å². The lowest BCUT2D eigenvalue weighted by molar-refractivity contribution is 0.0868. The molecule has 1 atom stereocenters. The molecule has 0 radical (unpaired) electrons. The van der Waals surface area contributed by atoms with Crippen molar-refractivity contribution in [2.45, 2.75) is 26.3 Å². The average Bonchev–Trinajstić information content (AvgIpc) is 2.30. The number of amides is 1. The van der Waals surface area contributed by atoms with E-state index in [2.05, 4.69) is 40.4 Å². The first-order valence-corrected chi connectivity index (χ1v) is 7.15. The van der Waals surface area contributed by atoms with E-state index >= 15 is 0 Å². The van der Waals surface area contributed by atoms with Crippen LogP contribution in [0.25, 0.3) is 0 Å². The van der Waals surface area contributed by atoms with Crippen molar-refractivity contribution >= 4 is 21.8 Å². The molecule has 1 aliphatic rings. The highest BCUT2D eigenvalue weighted by molar-refractivity contribution is 9.10. The van der Waals surface area contributed by atoms with E-state index in [1.807, 2.05) is 0 Å². The molecule has 1 amide bonds. The van der Waals surface area contributed by atoms with E-state index in [1.54, 1.807) is 6.07 Å². The van der Waals surface area contributed by atoms with Crippen LogP contribution in [0.1, 0.15) is 30.6 Å². The Morgan fingerprint density at radius 1 is 1.47 bits per heavy atom. The maximum Gasteiger partial charge on any atom is 0.251 e. The first kappa shape index (κ1) is 14.5. The summed E-state index contributed by atoms with van der Waals surface area (Å²) >= 11 is 3.20. The highest BCUT2D eigenvalue weighted by Gasteiger charge is 2.33. The number of hydrogen-bond donors (Lipinski definition) is 2. The second kappa shape index (κ2) is 5.59. The van der Waals surface area contributed by atoms with Crippen molar-refractivity contribution in [3.05, 3.63) is 34.1 Å². The summed E-state index contributed by atoms with van der Waals surface area (Å²) in [6.07, 6.45) is 0.884. The van der Waals surface area contributed by atoms with Gasteiger partial charge in [0.25, 0.3) is 5.91 Å². The molecule has 1 heterocycles. The van der Waals surface area contributed by atoms with E-state index < -0.39 is 5.82 Å². The van der Waals surface area contributed by atoms with Crippen LogP contribution in [0.3, 0.4) is 0 Å². The number of carbonyl (C=O) groups is 1. The first-order valence-electron chi connectivity index (χ1n) is 6.36. The monoisotopic (exact) mass is 328 g/mol. The summed E-state index contributed by atoms with van der Waals surface area (Å²) in [5, 5.41) is 6.33. The number of hydrogen-bond acceptors (Lipinski definition) is 2. The third kappa shape index (κ3) is 3.54. The van der Waals surface area contributed by atoms with Crippen molar-refractivity contribution in [2.24, 2.45) is 5.41 Å². The fourth-order valence-corrected chi connectivity index (χ4v) is 2.83. The Bertz CT molecular complexity index is 470. The minimum Gasteiger partial charge on any atom is -0.349 e. The van der Waals surface area contributed by atoms with E-state index in [0.29, 0.717) is 10.0 Å². The topological polar surface area (TPSA) is 41.1 Å². The molecule has 0 aromatic heterocycles. The highest BCUT2D eigenvalue weighted by atomic mass is 79.9. The van der Waals surface area contributed by atoms with Gasteiger partial charge in [0, 0.05) is 22.6 Å². The Balaban J connectivity index is 2.12. The second-order valence-corrected chi connectivity index (χ2v) is 6.55. The molecule has 1 fully saturated rings. The van der Waals surface area contributed by atoms with E-state index in [4.69, 9.17) is 0 Å². The molecule has 0 aliphatic carbocycles. The Labute approximate surface area is 121 Å². The van der Waals surface area contributed by atoms with Crippen LogP contribution < -0.4 is 10.6 Å².